The number of rotatable bonds is 32. The predicted octanol–water partition coefficient (Wildman–Crippen LogP) is 4.76. The molecule has 1 fully saturated rings. The van der Waals surface area contributed by atoms with Crippen molar-refractivity contribution >= 4 is 64.9 Å². The van der Waals surface area contributed by atoms with Crippen molar-refractivity contribution in [1.29, 1.82) is 0 Å². The van der Waals surface area contributed by atoms with E-state index in [0.717, 1.165) is 92.2 Å². The molecule has 2 heterocycles. The van der Waals surface area contributed by atoms with Crippen molar-refractivity contribution in [2.45, 2.75) is 157 Å². The van der Waals surface area contributed by atoms with Crippen LogP contribution in [-0.2, 0) is 109 Å². The van der Waals surface area contributed by atoms with E-state index in [4.69, 9.17) is 20.9 Å². The topological polar surface area (TPSA) is 347 Å². The number of phenolic OH excluding ortho intramolecular Hbond substituents is 1. The van der Waals surface area contributed by atoms with E-state index in [1.807, 2.05) is 58.9 Å². The fourth-order valence-electron chi connectivity index (χ4n) is 9.65. The number of phenols is 1. The molecule has 8 atom stereocenters. The maximum Gasteiger partial charge on any atom is 0.243 e. The van der Waals surface area contributed by atoms with Crippen LogP contribution in [0.3, 0.4) is 0 Å². The smallest absolute Gasteiger partial charge is 0.243 e. The van der Waals surface area contributed by atoms with Crippen LogP contribution in [0.15, 0.2) is 42.5 Å². The van der Waals surface area contributed by atoms with Crippen molar-refractivity contribution in [3.63, 3.8) is 0 Å². The number of likely N-dealkylation sites (N-methyl/N-ethyl adjacent to an activating group) is 3. The Morgan fingerprint density at radius 3 is 1.80 bits per heavy atom. The summed E-state index contributed by atoms with van der Waals surface area (Å²) in [6, 6.07) is 12.4. The molecule has 0 saturated carbocycles. The Morgan fingerprint density at radius 2 is 1.34 bits per heavy atom. The van der Waals surface area contributed by atoms with Crippen molar-refractivity contribution < 1.29 is 95.1 Å². The van der Waals surface area contributed by atoms with Gasteiger partial charge >= 0.3 is 0 Å². The Kier molecular flexibility index (Phi) is 50.5. The number of aromatic hydroxyl groups is 1. The van der Waals surface area contributed by atoms with E-state index < -0.39 is 23.6 Å². The Bertz CT molecular complexity index is 2500. The van der Waals surface area contributed by atoms with E-state index in [1.165, 1.54) is 6.42 Å². The van der Waals surface area contributed by atoms with Gasteiger partial charge in [-0.05, 0) is 101 Å². The normalized spacial score (nSPS) is 14.5. The molecule has 1 saturated heterocycles. The third-order valence-corrected chi connectivity index (χ3v) is 14.5. The number of ether oxygens (including phenoxy) is 2. The number of likely N-dealkylation sites (tertiary alicyclic amines) is 1. The molecule has 0 bridgehead atoms. The molecule has 1 aliphatic rings. The molecule has 7 amide bonds. The van der Waals surface area contributed by atoms with Crippen LogP contribution in [0.25, 0.3) is 22.1 Å². The standard InChI is InChI=1S/C19H30N8O4.C19H39N3O3.C12H14N2O.C10H17NO3.C3H8.2W/c1-22-15(7-20)6-13-2-4-14(5-3-13)27-19(31)11-26-18(30)10-25-17(29)9-24-16(28)8-23-12-21;1-10-14(5)18(15(11-2)25-9)22(8)16(23)12-20-19(24)17(13(3)4)21(6)7;1-3-9-10(4-2)14-12-7-8(15)5-6-11(12)13-9;1-8(6-12)10(14-2)9-4-3-5-11(9)7-13;1-3-2;;/h2-5,15,21-22H,6-12,20H2,1H3,(H,24,28)(H,25,29)(H,26,30)(H,27,31);13-15,17-18H,10-12H2,1-9H3,(H,20,24);5-7,15H,3-4H2,1-2H3;6-10H,3-5H2,1-2H3;3H2,1-2H3;;/q-2;;;;;;. The van der Waals surface area contributed by atoms with E-state index in [9.17, 15) is 43.5 Å². The quantitative estimate of drug-likeness (QED) is 0.0391. The second kappa shape index (κ2) is 51.2. The van der Waals surface area contributed by atoms with Crippen LogP contribution in [0.4, 0.5) is 5.69 Å². The maximum atomic E-state index is 12.6. The summed E-state index contributed by atoms with van der Waals surface area (Å²) in [5.41, 5.74) is 17.8. The van der Waals surface area contributed by atoms with Crippen molar-refractivity contribution in [3.05, 3.63) is 70.5 Å². The number of carbonyl (C=O) groups is 8. The van der Waals surface area contributed by atoms with E-state index in [1.54, 1.807) is 61.4 Å². The maximum absolute atomic E-state index is 12.6. The molecular formula is C63H108N14O11W2-2. The minimum Gasteiger partial charge on any atom is -0.696 e. The number of carbonyl (C=O) groups excluding carboxylic acids is 8. The minimum absolute atomic E-state index is 0. The molecule has 0 radical (unpaired) electrons. The van der Waals surface area contributed by atoms with Gasteiger partial charge in [0, 0.05) is 100 Å². The van der Waals surface area contributed by atoms with Crippen molar-refractivity contribution in [1.82, 2.24) is 51.3 Å². The first kappa shape index (κ1) is 88.8. The minimum atomic E-state index is -0.561. The van der Waals surface area contributed by atoms with Gasteiger partial charge in [0.1, 0.15) is 12.0 Å². The number of nitrogens with zero attached hydrogens (tertiary/aromatic N) is 6. The van der Waals surface area contributed by atoms with Crippen LogP contribution in [-0.4, -0.2) is 209 Å². The van der Waals surface area contributed by atoms with Gasteiger partial charge in [-0.15, -0.1) is 0 Å². The van der Waals surface area contributed by atoms with Crippen LogP contribution in [0.2, 0.25) is 0 Å². The summed E-state index contributed by atoms with van der Waals surface area (Å²) in [6.45, 7) is 20.5. The van der Waals surface area contributed by atoms with Crippen LogP contribution < -0.4 is 37.6 Å². The largest absolute Gasteiger partial charge is 0.696 e. The zero-order valence-corrected chi connectivity index (χ0v) is 62.2. The zero-order valence-electron chi connectivity index (χ0n) is 56.3. The molecule has 0 aliphatic carbocycles. The van der Waals surface area contributed by atoms with Gasteiger partial charge in [0.05, 0.1) is 78.9 Å². The predicted molar refractivity (Wildman–Crippen MR) is 347 cm³/mol. The average Bonchev–Trinajstić information content (AvgIpc) is 1.05. The third-order valence-electron chi connectivity index (χ3n) is 14.5. The van der Waals surface area contributed by atoms with Gasteiger partial charge in [0.15, 0.2) is 5.91 Å². The van der Waals surface area contributed by atoms with Crippen molar-refractivity contribution in [3.8, 4) is 5.75 Å². The number of aldehydes is 1. The number of hydrogen-bond acceptors (Lipinski definition) is 16. The molecular weight excluding hydrogens is 1500 g/mol. The Morgan fingerprint density at radius 1 is 0.789 bits per heavy atom. The molecule has 0 spiro atoms. The number of hydrogen-bond donors (Lipinski definition) is 8. The average molecular weight is 1610 g/mol. The number of nitrogens with two attached hydrogens (primary N) is 1. The SMILES string of the molecule is CCC.CCC(C)C(C(CC)OC)N(C)C(=O)CNC(=O)C(C(C)C)N(C)C.CCc1nc2ccc(O)cc2nc1CC.CNC(CN)Cc1ccc(NC(=O)CNC(=O)CNC(=O)CNC(=O)C[N-]C[NH-])cc1.COC(C(C)C=O)C1CCCN1C=O.[W].[W]. The van der Waals surface area contributed by atoms with Gasteiger partial charge in [0.2, 0.25) is 35.9 Å². The number of fused-ring (bicyclic) bond motifs is 1. The number of aromatic nitrogens is 2. The van der Waals surface area contributed by atoms with Gasteiger partial charge in [-0.2, -0.15) is 0 Å². The van der Waals surface area contributed by atoms with Crippen LogP contribution >= 0.6 is 0 Å². The van der Waals surface area contributed by atoms with E-state index in [-0.39, 0.29) is 147 Å². The molecule has 10 N–H and O–H groups in total. The molecule has 4 rings (SSSR count). The third kappa shape index (κ3) is 33.8. The first-order valence-corrected chi connectivity index (χ1v) is 30.6. The number of aryl methyl sites for hydroxylation is 2. The zero-order chi connectivity index (χ0) is 66.9. The first-order chi connectivity index (χ1) is 41.9. The molecule has 27 heteroatoms. The fraction of sp³-hybridized carbons (Fsp3) is 0.651. The summed E-state index contributed by atoms with van der Waals surface area (Å²) in [6.07, 6.45) is 9.07. The number of benzene rings is 2. The summed E-state index contributed by atoms with van der Waals surface area (Å²) in [5, 5.41) is 28.5. The molecule has 510 valence electrons. The number of methoxy groups -OCH3 is 2. The van der Waals surface area contributed by atoms with Crippen LogP contribution in [0.5, 0.6) is 5.75 Å². The molecule has 25 nitrogen and oxygen atoms in total. The van der Waals surface area contributed by atoms with Gasteiger partial charge in [-0.25, -0.2) is 9.97 Å². The monoisotopic (exact) mass is 1600 g/mol. The van der Waals surface area contributed by atoms with Gasteiger partial charge in [-0.1, -0.05) is 101 Å². The first-order valence-electron chi connectivity index (χ1n) is 30.6. The fourth-order valence-corrected chi connectivity index (χ4v) is 9.65. The van der Waals surface area contributed by atoms with Gasteiger partial charge in [-0.3, -0.25) is 45.1 Å². The number of nitrogens with one attached hydrogen (secondary N) is 7. The molecule has 8 unspecified atom stereocenters. The summed E-state index contributed by atoms with van der Waals surface area (Å²) in [4.78, 5) is 107. The number of anilines is 1. The van der Waals surface area contributed by atoms with Crippen molar-refractivity contribution in [2.24, 2.45) is 23.5 Å². The number of amides is 7. The summed E-state index contributed by atoms with van der Waals surface area (Å²) in [7, 11) is 10.7. The Balaban J connectivity index is -0.00000114. The molecule has 3 aromatic rings. The molecule has 90 heavy (non-hydrogen) atoms. The molecule has 1 aliphatic heterocycles. The van der Waals surface area contributed by atoms with E-state index in [2.05, 4.69) is 95.7 Å². The van der Waals surface area contributed by atoms with Crippen molar-refractivity contribution in [2.75, 3.05) is 100 Å². The second-order valence-corrected chi connectivity index (χ2v) is 21.9. The summed E-state index contributed by atoms with van der Waals surface area (Å²) < 4.78 is 10.9. The molecule has 2 aromatic carbocycles. The van der Waals surface area contributed by atoms with E-state index in [0.29, 0.717) is 18.2 Å². The van der Waals surface area contributed by atoms with Crippen LogP contribution in [0.1, 0.15) is 118 Å². The van der Waals surface area contributed by atoms with Crippen LogP contribution in [0, 0.1) is 17.8 Å². The van der Waals surface area contributed by atoms with Gasteiger partial charge < -0.3 is 77.9 Å². The van der Waals surface area contributed by atoms with Gasteiger partial charge in [0.25, 0.3) is 0 Å². The Hall–Kier alpha value is -5.36. The molecule has 1 aromatic heterocycles. The second-order valence-electron chi connectivity index (χ2n) is 21.9. The summed E-state index contributed by atoms with van der Waals surface area (Å²) >= 11 is 0. The van der Waals surface area contributed by atoms with E-state index >= 15 is 0 Å². The summed E-state index contributed by atoms with van der Waals surface area (Å²) in [5.74, 6) is -1.63. The Labute approximate surface area is 564 Å².